The summed E-state index contributed by atoms with van der Waals surface area (Å²) in [7, 11) is 0. The van der Waals surface area contributed by atoms with Gasteiger partial charge in [-0.3, -0.25) is 58.0 Å². The summed E-state index contributed by atoms with van der Waals surface area (Å²) in [4.78, 5) is 103. The van der Waals surface area contributed by atoms with Crippen LogP contribution in [-0.2, 0) is 24.6 Å². The Kier molecular flexibility index (Phi) is 8.10. The Bertz CT molecular complexity index is 2280. The molecule has 0 N–H and O–H groups in total. The molecule has 0 aromatic heterocycles. The van der Waals surface area contributed by atoms with E-state index in [0.717, 1.165) is 55.0 Å². The van der Waals surface area contributed by atoms with Crippen LogP contribution in [0.25, 0.3) is 0 Å². The van der Waals surface area contributed by atoms with Gasteiger partial charge in [0.25, 0.3) is 47.3 Å². The third-order valence-electron chi connectivity index (χ3n) is 9.87. The summed E-state index contributed by atoms with van der Waals surface area (Å²) in [6, 6.07) is 23.8. The van der Waals surface area contributed by atoms with E-state index in [2.05, 4.69) is 13.8 Å². The van der Waals surface area contributed by atoms with Crippen LogP contribution in [0.5, 0.6) is 23.0 Å². The Hall–Kier alpha value is -7.48. The lowest BCUT2D eigenvalue weighted by molar-refractivity contribution is -0.139. The second kappa shape index (κ2) is 12.9. The smallest absolute Gasteiger partial charge is 0.263 e. The number of hydrogen-bond donors (Lipinski definition) is 0. The van der Waals surface area contributed by atoms with Crippen LogP contribution in [0.1, 0.15) is 66.4 Å². The number of rotatable bonds is 10. The van der Waals surface area contributed by atoms with E-state index >= 15 is 0 Å². The van der Waals surface area contributed by atoms with E-state index < -0.39 is 66.0 Å². The molecule has 272 valence electrons. The van der Waals surface area contributed by atoms with Crippen molar-refractivity contribution in [3.8, 4) is 23.0 Å². The number of fused-ring (bicyclic) bond motifs is 2. The molecule has 8 rings (SSSR count). The Morgan fingerprint density at radius 3 is 1.05 bits per heavy atom. The van der Waals surface area contributed by atoms with Crippen molar-refractivity contribution >= 4 is 47.3 Å². The largest absolute Gasteiger partial charge is 0.457 e. The number of amides is 8. The van der Waals surface area contributed by atoms with Gasteiger partial charge in [-0.25, -0.2) is 0 Å². The zero-order chi connectivity index (χ0) is 38.8. The minimum Gasteiger partial charge on any atom is -0.457 e. The van der Waals surface area contributed by atoms with E-state index in [1.54, 1.807) is 36.4 Å². The van der Waals surface area contributed by atoms with Crippen LogP contribution in [0.3, 0.4) is 0 Å². The topological polar surface area (TPSA) is 168 Å². The third kappa shape index (κ3) is 5.95. The quantitative estimate of drug-likeness (QED) is 0.211. The molecular formula is C41H28N4O10. The number of nitrogens with zero attached hydrogens (tertiary/aromatic N) is 4. The molecule has 0 unspecified atom stereocenters. The van der Waals surface area contributed by atoms with Gasteiger partial charge < -0.3 is 9.47 Å². The van der Waals surface area contributed by atoms with Crippen LogP contribution < -0.4 is 9.47 Å². The predicted molar refractivity (Wildman–Crippen MR) is 191 cm³/mol. The Labute approximate surface area is 312 Å². The van der Waals surface area contributed by atoms with E-state index in [0.29, 0.717) is 23.0 Å². The summed E-state index contributed by atoms with van der Waals surface area (Å²) >= 11 is 0. The van der Waals surface area contributed by atoms with Gasteiger partial charge in [0, 0.05) is 29.7 Å². The minimum atomic E-state index is -0.637. The van der Waals surface area contributed by atoms with Crippen molar-refractivity contribution in [2.75, 3.05) is 13.3 Å². The van der Waals surface area contributed by atoms with E-state index in [1.807, 2.05) is 24.3 Å². The molecule has 0 fully saturated rings. The standard InChI is InChI=1S/C41H28N4O10/c1-41(2,23-3-7-25(8-4-23)54-27-11-13-29-31(19-27)39(52)44(37(29)50)21-42-33(46)15-16-34(42)47)24-5-9-26(10-6-24)55-28-12-14-30-32(20-28)40(53)45(38(30)51)22-43-35(48)17-18-36(43)49/h3-20H,21-22H2,1-2H3. The lowest BCUT2D eigenvalue weighted by Crippen LogP contribution is -2.43. The number of hydrogen-bond acceptors (Lipinski definition) is 10. The monoisotopic (exact) mass is 736 g/mol. The zero-order valence-corrected chi connectivity index (χ0v) is 29.2. The summed E-state index contributed by atoms with van der Waals surface area (Å²) in [5.41, 5.74) is 2.00. The van der Waals surface area contributed by atoms with Crippen LogP contribution in [0, 0.1) is 0 Å². The van der Waals surface area contributed by atoms with Gasteiger partial charge in [0.05, 0.1) is 22.3 Å². The first kappa shape index (κ1) is 34.6. The number of carbonyl (C=O) groups is 8. The van der Waals surface area contributed by atoms with Crippen molar-refractivity contribution in [2.45, 2.75) is 19.3 Å². The minimum absolute atomic E-state index is 0.106. The summed E-state index contributed by atoms with van der Waals surface area (Å²) in [6.45, 7) is 3.16. The van der Waals surface area contributed by atoms with Crippen molar-refractivity contribution in [3.63, 3.8) is 0 Å². The fourth-order valence-corrected chi connectivity index (χ4v) is 6.67. The molecule has 0 saturated carbocycles. The zero-order valence-electron chi connectivity index (χ0n) is 29.2. The molecule has 0 atom stereocenters. The highest BCUT2D eigenvalue weighted by molar-refractivity contribution is 6.23. The number of carbonyl (C=O) groups excluding carboxylic acids is 8. The maximum atomic E-state index is 13.1. The number of ether oxygens (including phenoxy) is 2. The van der Waals surface area contributed by atoms with Crippen LogP contribution >= 0.6 is 0 Å². The number of imide groups is 4. The van der Waals surface area contributed by atoms with Gasteiger partial charge in [-0.1, -0.05) is 38.1 Å². The van der Waals surface area contributed by atoms with Gasteiger partial charge in [0.1, 0.15) is 36.3 Å². The lowest BCUT2D eigenvalue weighted by atomic mass is 9.78. The fraction of sp³-hybridized carbons (Fsp3) is 0.122. The van der Waals surface area contributed by atoms with Gasteiger partial charge in [0.15, 0.2) is 0 Å². The summed E-state index contributed by atoms with van der Waals surface area (Å²) < 4.78 is 12.0. The van der Waals surface area contributed by atoms with Gasteiger partial charge in [-0.15, -0.1) is 0 Å². The summed E-state index contributed by atoms with van der Waals surface area (Å²) in [5, 5.41) is 0. The molecule has 4 aromatic carbocycles. The van der Waals surface area contributed by atoms with E-state index in [1.165, 1.54) is 24.3 Å². The second-order valence-electron chi connectivity index (χ2n) is 13.5. The fourth-order valence-electron chi connectivity index (χ4n) is 6.67. The van der Waals surface area contributed by atoms with Crippen molar-refractivity contribution < 1.29 is 47.8 Å². The van der Waals surface area contributed by atoms with Crippen LogP contribution in [-0.4, -0.2) is 80.2 Å². The SMILES string of the molecule is CC(C)(c1ccc(Oc2ccc3c(c2)C(=O)N(CN2C(=O)C=CC2=O)C3=O)cc1)c1ccc(Oc2ccc3c(c2)C(=O)N(CN2C(=O)C=CC2=O)C3=O)cc1. The van der Waals surface area contributed by atoms with Crippen LogP contribution in [0.4, 0.5) is 0 Å². The first-order chi connectivity index (χ1) is 26.3. The average molecular weight is 737 g/mol. The molecule has 14 nitrogen and oxygen atoms in total. The molecule has 4 aromatic rings. The second-order valence-corrected chi connectivity index (χ2v) is 13.5. The molecule has 8 amide bonds. The Morgan fingerprint density at radius 1 is 0.400 bits per heavy atom. The highest BCUT2D eigenvalue weighted by atomic mass is 16.5. The molecule has 4 aliphatic rings. The van der Waals surface area contributed by atoms with Gasteiger partial charge >= 0.3 is 0 Å². The molecule has 0 spiro atoms. The predicted octanol–water partition coefficient (Wildman–Crippen LogP) is 4.55. The van der Waals surface area contributed by atoms with Crippen molar-refractivity contribution in [3.05, 3.63) is 143 Å². The molecule has 4 heterocycles. The van der Waals surface area contributed by atoms with Crippen molar-refractivity contribution in [1.29, 1.82) is 0 Å². The molecule has 14 heteroatoms. The van der Waals surface area contributed by atoms with Gasteiger partial charge in [-0.05, 0) is 71.8 Å². The highest BCUT2D eigenvalue weighted by Crippen LogP contribution is 2.36. The molecule has 0 bridgehead atoms. The van der Waals surface area contributed by atoms with E-state index in [9.17, 15) is 38.4 Å². The maximum absolute atomic E-state index is 13.1. The maximum Gasteiger partial charge on any atom is 0.263 e. The first-order valence-electron chi connectivity index (χ1n) is 16.9. The van der Waals surface area contributed by atoms with Crippen LogP contribution in [0.2, 0.25) is 0 Å². The van der Waals surface area contributed by atoms with Gasteiger partial charge in [-0.2, -0.15) is 0 Å². The molecule has 55 heavy (non-hydrogen) atoms. The molecule has 0 aliphatic carbocycles. The van der Waals surface area contributed by atoms with Gasteiger partial charge in [0.2, 0.25) is 0 Å². The first-order valence-corrected chi connectivity index (χ1v) is 16.9. The molecule has 4 aliphatic heterocycles. The third-order valence-corrected chi connectivity index (χ3v) is 9.87. The van der Waals surface area contributed by atoms with E-state index in [-0.39, 0.29) is 22.3 Å². The summed E-state index contributed by atoms with van der Waals surface area (Å²) in [6.07, 6.45) is 4.34. The normalized spacial score (nSPS) is 16.3. The summed E-state index contributed by atoms with van der Waals surface area (Å²) in [5.74, 6) is -3.27. The van der Waals surface area contributed by atoms with Crippen LogP contribution in [0.15, 0.2) is 109 Å². The average Bonchev–Trinajstić information content (AvgIpc) is 3.83. The molecule has 0 saturated heterocycles. The number of benzene rings is 4. The highest BCUT2D eigenvalue weighted by Gasteiger charge is 2.40. The Balaban J connectivity index is 0.908. The van der Waals surface area contributed by atoms with Crippen molar-refractivity contribution in [1.82, 2.24) is 19.6 Å². The Morgan fingerprint density at radius 2 is 0.709 bits per heavy atom. The molecule has 0 radical (unpaired) electrons. The lowest BCUT2D eigenvalue weighted by Gasteiger charge is -2.26. The molecular weight excluding hydrogens is 708 g/mol. The van der Waals surface area contributed by atoms with Crippen molar-refractivity contribution in [2.24, 2.45) is 0 Å². The van der Waals surface area contributed by atoms with E-state index in [4.69, 9.17) is 9.47 Å².